The molecule has 4 rings (SSSR count). The van der Waals surface area contributed by atoms with Crippen molar-refractivity contribution in [1.82, 2.24) is 19.6 Å². The van der Waals surface area contributed by atoms with Crippen LogP contribution in [-0.2, 0) is 0 Å². The van der Waals surface area contributed by atoms with Gasteiger partial charge in [-0.2, -0.15) is 5.26 Å². The first-order valence-corrected chi connectivity index (χ1v) is 10.4. The highest BCUT2D eigenvalue weighted by Gasteiger charge is 2.16. The highest BCUT2D eigenvalue weighted by molar-refractivity contribution is 7.08. The van der Waals surface area contributed by atoms with Gasteiger partial charge in [0.25, 0.3) is 11.5 Å². The minimum atomic E-state index is -0.570. The zero-order chi connectivity index (χ0) is 22.7. The molecule has 0 fully saturated rings. The van der Waals surface area contributed by atoms with E-state index >= 15 is 0 Å². The number of amides is 1. The van der Waals surface area contributed by atoms with Crippen LogP contribution in [0, 0.1) is 18.3 Å². The van der Waals surface area contributed by atoms with Crippen LogP contribution >= 0.6 is 23.1 Å². The molecule has 2 aromatic carbocycles. The molecule has 0 unspecified atom stereocenters. The third-order valence-corrected chi connectivity index (χ3v) is 5.49. The fourth-order valence-corrected chi connectivity index (χ4v) is 3.53. The van der Waals surface area contributed by atoms with Gasteiger partial charge in [0.15, 0.2) is 0 Å². The lowest BCUT2D eigenvalue weighted by molar-refractivity contribution is 0.103. The van der Waals surface area contributed by atoms with Crippen LogP contribution in [0.25, 0.3) is 11.3 Å². The van der Waals surface area contributed by atoms with Crippen LogP contribution in [0.3, 0.4) is 0 Å². The number of rotatable bonds is 5. The predicted molar refractivity (Wildman–Crippen MR) is 122 cm³/mol. The smallest absolute Gasteiger partial charge is 0.270 e. The molecular formula is C21H14ClN7O2S. The number of aryl methyl sites for hydroxylation is 1. The van der Waals surface area contributed by atoms with E-state index in [0.29, 0.717) is 32.5 Å². The molecule has 3 N–H and O–H groups in total. The summed E-state index contributed by atoms with van der Waals surface area (Å²) in [5.41, 5.74) is 1.83. The van der Waals surface area contributed by atoms with Crippen LogP contribution in [-0.4, -0.2) is 25.5 Å². The van der Waals surface area contributed by atoms with Gasteiger partial charge in [0, 0.05) is 22.0 Å². The molecule has 158 valence electrons. The van der Waals surface area contributed by atoms with Gasteiger partial charge in [0.05, 0.1) is 11.4 Å². The normalized spacial score (nSPS) is 10.4. The minimum Gasteiger partial charge on any atom is -0.326 e. The van der Waals surface area contributed by atoms with Crippen LogP contribution in [0.5, 0.6) is 0 Å². The van der Waals surface area contributed by atoms with E-state index in [-0.39, 0.29) is 23.1 Å². The SMILES string of the molecule is Cc1nnsc1C(=O)Nc1ccc(-c2nc(Nc3ccc(Cl)cc3)[nH]c(=O)c2C#N)cc1. The molecule has 0 radical (unpaired) electrons. The second kappa shape index (κ2) is 8.97. The van der Waals surface area contributed by atoms with Gasteiger partial charge in [-0.25, -0.2) is 4.98 Å². The summed E-state index contributed by atoms with van der Waals surface area (Å²) in [6.45, 7) is 1.71. The van der Waals surface area contributed by atoms with Crippen LogP contribution in [0.15, 0.2) is 53.3 Å². The average Bonchev–Trinajstić information content (AvgIpc) is 3.21. The molecule has 11 heteroatoms. The third-order valence-electron chi connectivity index (χ3n) is 4.41. The van der Waals surface area contributed by atoms with Gasteiger partial charge in [-0.3, -0.25) is 14.6 Å². The second-order valence-electron chi connectivity index (χ2n) is 6.60. The minimum absolute atomic E-state index is 0.116. The van der Waals surface area contributed by atoms with Gasteiger partial charge in [-0.1, -0.05) is 28.2 Å². The summed E-state index contributed by atoms with van der Waals surface area (Å²) in [4.78, 5) is 32.2. The summed E-state index contributed by atoms with van der Waals surface area (Å²) in [6.07, 6.45) is 0. The Labute approximate surface area is 190 Å². The highest BCUT2D eigenvalue weighted by atomic mass is 35.5. The number of carbonyl (C=O) groups excluding carboxylic acids is 1. The summed E-state index contributed by atoms with van der Waals surface area (Å²) in [5.74, 6) is -0.136. The monoisotopic (exact) mass is 463 g/mol. The number of nitriles is 1. The van der Waals surface area contributed by atoms with Crippen molar-refractivity contribution in [1.29, 1.82) is 5.26 Å². The molecule has 0 spiro atoms. The largest absolute Gasteiger partial charge is 0.326 e. The Bertz CT molecular complexity index is 1390. The van der Waals surface area contributed by atoms with Crippen molar-refractivity contribution >= 4 is 46.4 Å². The zero-order valence-electron chi connectivity index (χ0n) is 16.5. The van der Waals surface area contributed by atoms with E-state index in [9.17, 15) is 14.9 Å². The number of carbonyl (C=O) groups is 1. The van der Waals surface area contributed by atoms with Crippen molar-refractivity contribution in [3.8, 4) is 17.3 Å². The molecule has 9 nitrogen and oxygen atoms in total. The summed E-state index contributed by atoms with van der Waals surface area (Å²) >= 11 is 6.91. The molecule has 0 aliphatic heterocycles. The van der Waals surface area contributed by atoms with Crippen molar-refractivity contribution in [2.24, 2.45) is 0 Å². The predicted octanol–water partition coefficient (Wildman–Crippen LogP) is 4.12. The molecule has 32 heavy (non-hydrogen) atoms. The number of halogens is 1. The number of aromatic nitrogens is 4. The number of nitrogens with zero attached hydrogens (tertiary/aromatic N) is 4. The van der Waals surface area contributed by atoms with E-state index in [1.807, 2.05) is 6.07 Å². The fraction of sp³-hybridized carbons (Fsp3) is 0.0476. The van der Waals surface area contributed by atoms with Crippen molar-refractivity contribution < 1.29 is 4.79 Å². The van der Waals surface area contributed by atoms with E-state index in [4.69, 9.17) is 11.6 Å². The maximum Gasteiger partial charge on any atom is 0.270 e. The number of hydrogen-bond donors (Lipinski definition) is 3. The van der Waals surface area contributed by atoms with Crippen molar-refractivity contribution in [2.45, 2.75) is 6.92 Å². The first-order chi connectivity index (χ1) is 15.4. The Morgan fingerprint density at radius 1 is 1.12 bits per heavy atom. The van der Waals surface area contributed by atoms with Crippen LogP contribution < -0.4 is 16.2 Å². The lowest BCUT2D eigenvalue weighted by atomic mass is 10.1. The molecule has 2 heterocycles. The van der Waals surface area contributed by atoms with Crippen LogP contribution in [0.4, 0.5) is 17.3 Å². The van der Waals surface area contributed by atoms with E-state index in [1.165, 1.54) is 0 Å². The molecule has 0 bridgehead atoms. The van der Waals surface area contributed by atoms with Crippen LogP contribution in [0.2, 0.25) is 5.02 Å². The maximum atomic E-state index is 12.4. The Morgan fingerprint density at radius 2 is 1.81 bits per heavy atom. The van der Waals surface area contributed by atoms with E-state index < -0.39 is 5.56 Å². The molecule has 0 atom stereocenters. The van der Waals surface area contributed by atoms with Crippen molar-refractivity contribution in [3.63, 3.8) is 0 Å². The van der Waals surface area contributed by atoms with Gasteiger partial charge in [0.2, 0.25) is 5.95 Å². The Morgan fingerprint density at radius 3 is 2.44 bits per heavy atom. The number of aromatic amines is 1. The lowest BCUT2D eigenvalue weighted by Gasteiger charge is -2.10. The average molecular weight is 464 g/mol. The van der Waals surface area contributed by atoms with E-state index in [0.717, 1.165) is 11.5 Å². The quantitative estimate of drug-likeness (QED) is 0.405. The molecule has 0 saturated carbocycles. The molecule has 0 saturated heterocycles. The summed E-state index contributed by atoms with van der Waals surface area (Å²) in [6, 6.07) is 15.4. The lowest BCUT2D eigenvalue weighted by Crippen LogP contribution is -2.16. The summed E-state index contributed by atoms with van der Waals surface area (Å²) < 4.78 is 3.75. The summed E-state index contributed by atoms with van der Waals surface area (Å²) in [7, 11) is 0. The molecule has 2 aromatic heterocycles. The molecule has 0 aliphatic rings. The highest BCUT2D eigenvalue weighted by Crippen LogP contribution is 2.24. The van der Waals surface area contributed by atoms with Crippen molar-refractivity contribution in [3.05, 3.63) is 80.0 Å². The fourth-order valence-electron chi connectivity index (χ4n) is 2.85. The number of nitrogens with one attached hydrogen (secondary N) is 3. The second-order valence-corrected chi connectivity index (χ2v) is 7.79. The number of H-pyrrole nitrogens is 1. The Hall–Kier alpha value is -4.07. The first-order valence-electron chi connectivity index (χ1n) is 9.22. The zero-order valence-corrected chi connectivity index (χ0v) is 18.1. The van der Waals surface area contributed by atoms with Gasteiger partial charge < -0.3 is 10.6 Å². The Kier molecular flexibility index (Phi) is 5.93. The number of benzene rings is 2. The summed E-state index contributed by atoms with van der Waals surface area (Å²) in [5, 5.41) is 19.6. The molecular weight excluding hydrogens is 450 g/mol. The number of anilines is 3. The van der Waals surface area contributed by atoms with Crippen LogP contribution in [0.1, 0.15) is 20.9 Å². The van der Waals surface area contributed by atoms with E-state index in [1.54, 1.807) is 55.5 Å². The standard InChI is InChI=1S/C21H14ClN7O2S/c1-11-18(32-29-28-11)20(31)24-14-6-2-12(3-7-14)17-16(10-23)19(30)27-21(26-17)25-15-8-4-13(22)5-9-15/h2-9H,1H3,(H,24,31)(H2,25,26,27,30). The third kappa shape index (κ3) is 4.49. The Balaban J connectivity index is 1.62. The van der Waals surface area contributed by atoms with Crippen molar-refractivity contribution in [2.75, 3.05) is 10.6 Å². The molecule has 4 aromatic rings. The first kappa shape index (κ1) is 21.2. The number of hydrogen-bond acceptors (Lipinski definition) is 8. The molecule has 0 aliphatic carbocycles. The molecule has 1 amide bonds. The van der Waals surface area contributed by atoms with E-state index in [2.05, 4.69) is 30.2 Å². The van der Waals surface area contributed by atoms with Gasteiger partial charge in [-0.15, -0.1) is 5.10 Å². The maximum absolute atomic E-state index is 12.4. The van der Waals surface area contributed by atoms with Gasteiger partial charge in [-0.05, 0) is 54.9 Å². The topological polar surface area (TPSA) is 136 Å². The van der Waals surface area contributed by atoms with Gasteiger partial charge in [0.1, 0.15) is 16.5 Å². The van der Waals surface area contributed by atoms with Gasteiger partial charge >= 0.3 is 0 Å².